The Morgan fingerprint density at radius 1 is 0.486 bits per heavy atom. The molecule has 0 unspecified atom stereocenters. The standard InChI is InChI=1S/C36H34O/c1-23(2)30-20-18-26(5)35(36(30)31-14-7-6-11-24(31)3)33-22-28(19-17-25(33)4)27-12-10-13-29(21-27)32-15-8-9-16-34(32)37/h6-23,37H,1-5H3. The van der Waals surface area contributed by atoms with Crippen molar-refractivity contribution in [2.75, 3.05) is 0 Å². The molecular weight excluding hydrogens is 448 g/mol. The normalized spacial score (nSPS) is 11.2. The fraction of sp³-hybridized carbons (Fsp3) is 0.167. The van der Waals surface area contributed by atoms with Crippen molar-refractivity contribution in [2.24, 2.45) is 0 Å². The van der Waals surface area contributed by atoms with E-state index in [9.17, 15) is 5.11 Å². The minimum atomic E-state index is 0.299. The third kappa shape index (κ3) is 4.70. The third-order valence-corrected chi connectivity index (χ3v) is 7.40. The molecule has 0 aliphatic heterocycles. The molecule has 5 rings (SSSR count). The molecule has 0 saturated carbocycles. The summed E-state index contributed by atoms with van der Waals surface area (Å²) in [6.45, 7) is 11.2. The molecule has 5 aromatic carbocycles. The Morgan fingerprint density at radius 2 is 1.11 bits per heavy atom. The quantitative estimate of drug-likeness (QED) is 0.264. The summed E-state index contributed by atoms with van der Waals surface area (Å²) >= 11 is 0. The Morgan fingerprint density at radius 3 is 1.84 bits per heavy atom. The zero-order valence-corrected chi connectivity index (χ0v) is 22.3. The van der Waals surface area contributed by atoms with Crippen molar-refractivity contribution in [2.45, 2.75) is 40.5 Å². The number of benzene rings is 5. The highest BCUT2D eigenvalue weighted by atomic mass is 16.3. The van der Waals surface area contributed by atoms with Crippen molar-refractivity contribution < 1.29 is 5.11 Å². The van der Waals surface area contributed by atoms with Gasteiger partial charge in [0, 0.05) is 5.56 Å². The molecule has 0 aliphatic carbocycles. The average Bonchev–Trinajstić information content (AvgIpc) is 2.89. The van der Waals surface area contributed by atoms with E-state index in [0.717, 1.165) is 16.7 Å². The van der Waals surface area contributed by atoms with Crippen molar-refractivity contribution in [1.82, 2.24) is 0 Å². The zero-order chi connectivity index (χ0) is 26.1. The van der Waals surface area contributed by atoms with E-state index in [1.807, 2.05) is 18.2 Å². The first-order chi connectivity index (χ1) is 17.8. The van der Waals surface area contributed by atoms with Gasteiger partial charge in [0.05, 0.1) is 0 Å². The fourth-order valence-electron chi connectivity index (χ4n) is 5.35. The molecule has 0 heterocycles. The van der Waals surface area contributed by atoms with Crippen LogP contribution in [0, 0.1) is 20.8 Å². The summed E-state index contributed by atoms with van der Waals surface area (Å²) in [4.78, 5) is 0. The predicted molar refractivity (Wildman–Crippen MR) is 158 cm³/mol. The molecule has 184 valence electrons. The summed E-state index contributed by atoms with van der Waals surface area (Å²) < 4.78 is 0. The largest absolute Gasteiger partial charge is 0.507 e. The highest BCUT2D eigenvalue weighted by molar-refractivity contribution is 5.92. The average molecular weight is 483 g/mol. The SMILES string of the molecule is Cc1ccc(-c2cccc(-c3ccccc3O)c2)cc1-c1c(C)ccc(C(C)C)c1-c1ccccc1C. The maximum atomic E-state index is 10.4. The van der Waals surface area contributed by atoms with Crippen LogP contribution in [0.5, 0.6) is 5.75 Å². The van der Waals surface area contributed by atoms with Crippen LogP contribution in [0.4, 0.5) is 0 Å². The minimum absolute atomic E-state index is 0.299. The van der Waals surface area contributed by atoms with E-state index in [4.69, 9.17) is 0 Å². The van der Waals surface area contributed by atoms with E-state index >= 15 is 0 Å². The first-order valence-corrected chi connectivity index (χ1v) is 13.0. The molecule has 37 heavy (non-hydrogen) atoms. The van der Waals surface area contributed by atoms with Gasteiger partial charge in [0.2, 0.25) is 0 Å². The first-order valence-electron chi connectivity index (χ1n) is 13.0. The fourth-order valence-corrected chi connectivity index (χ4v) is 5.35. The molecule has 0 radical (unpaired) electrons. The Kier molecular flexibility index (Phi) is 6.72. The summed E-state index contributed by atoms with van der Waals surface area (Å²) in [6, 6.07) is 36.1. The number of hydrogen-bond donors (Lipinski definition) is 1. The van der Waals surface area contributed by atoms with Crippen LogP contribution in [-0.4, -0.2) is 5.11 Å². The number of rotatable bonds is 5. The van der Waals surface area contributed by atoms with Gasteiger partial charge in [-0.2, -0.15) is 0 Å². The number of phenols is 1. The summed E-state index contributed by atoms with van der Waals surface area (Å²) in [7, 11) is 0. The Hall–Kier alpha value is -4.10. The highest BCUT2D eigenvalue weighted by Gasteiger charge is 2.20. The molecule has 0 bridgehead atoms. The number of aromatic hydroxyl groups is 1. The monoisotopic (exact) mass is 482 g/mol. The zero-order valence-electron chi connectivity index (χ0n) is 22.3. The summed E-state index contributed by atoms with van der Waals surface area (Å²) in [5.74, 6) is 0.709. The van der Waals surface area contributed by atoms with E-state index in [0.29, 0.717) is 11.7 Å². The van der Waals surface area contributed by atoms with Gasteiger partial charge < -0.3 is 5.11 Å². The van der Waals surface area contributed by atoms with Crippen LogP contribution in [0.1, 0.15) is 42.0 Å². The maximum Gasteiger partial charge on any atom is 0.123 e. The topological polar surface area (TPSA) is 20.2 Å². The molecule has 0 spiro atoms. The second kappa shape index (κ2) is 10.1. The Bertz CT molecular complexity index is 1590. The van der Waals surface area contributed by atoms with Gasteiger partial charge in [-0.3, -0.25) is 0 Å². The lowest BCUT2D eigenvalue weighted by Gasteiger charge is -2.23. The number of para-hydroxylation sites is 1. The Balaban J connectivity index is 1.73. The van der Waals surface area contributed by atoms with Crippen LogP contribution >= 0.6 is 0 Å². The lowest BCUT2D eigenvalue weighted by Crippen LogP contribution is -2.00. The van der Waals surface area contributed by atoms with E-state index in [1.54, 1.807) is 6.07 Å². The second-order valence-corrected chi connectivity index (χ2v) is 10.3. The molecule has 5 aromatic rings. The van der Waals surface area contributed by atoms with E-state index in [-0.39, 0.29) is 0 Å². The van der Waals surface area contributed by atoms with Gasteiger partial charge in [-0.1, -0.05) is 98.8 Å². The van der Waals surface area contributed by atoms with Gasteiger partial charge in [-0.15, -0.1) is 0 Å². The molecule has 1 nitrogen and oxygen atoms in total. The predicted octanol–water partition coefficient (Wildman–Crippen LogP) is 10.1. The van der Waals surface area contributed by atoms with Gasteiger partial charge >= 0.3 is 0 Å². The third-order valence-electron chi connectivity index (χ3n) is 7.40. The molecule has 0 amide bonds. The summed E-state index contributed by atoms with van der Waals surface area (Å²) in [5, 5.41) is 10.4. The molecule has 1 heteroatoms. The number of hydrogen-bond acceptors (Lipinski definition) is 1. The van der Waals surface area contributed by atoms with Crippen molar-refractivity contribution >= 4 is 0 Å². The summed E-state index contributed by atoms with van der Waals surface area (Å²) in [6.07, 6.45) is 0. The molecule has 0 saturated heterocycles. The number of phenolic OH excluding ortho intramolecular Hbond substituents is 1. The van der Waals surface area contributed by atoms with Gasteiger partial charge in [-0.25, -0.2) is 0 Å². The van der Waals surface area contributed by atoms with Crippen LogP contribution in [0.15, 0.2) is 103 Å². The first kappa shape index (κ1) is 24.6. The molecule has 0 fully saturated rings. The smallest absolute Gasteiger partial charge is 0.123 e. The lowest BCUT2D eigenvalue weighted by molar-refractivity contribution is 0.477. The maximum absolute atomic E-state index is 10.4. The van der Waals surface area contributed by atoms with Crippen LogP contribution < -0.4 is 0 Å². The molecule has 1 N–H and O–H groups in total. The van der Waals surface area contributed by atoms with Crippen LogP contribution in [-0.2, 0) is 0 Å². The van der Waals surface area contributed by atoms with Gasteiger partial charge in [-0.05, 0) is 106 Å². The van der Waals surface area contributed by atoms with E-state index in [2.05, 4.69) is 113 Å². The van der Waals surface area contributed by atoms with Crippen molar-refractivity contribution in [3.8, 4) is 50.3 Å². The highest BCUT2D eigenvalue weighted by Crippen LogP contribution is 2.43. The minimum Gasteiger partial charge on any atom is -0.507 e. The van der Waals surface area contributed by atoms with Gasteiger partial charge in [0.1, 0.15) is 5.75 Å². The van der Waals surface area contributed by atoms with Crippen LogP contribution in [0.25, 0.3) is 44.5 Å². The van der Waals surface area contributed by atoms with Crippen molar-refractivity contribution in [3.05, 3.63) is 125 Å². The second-order valence-electron chi connectivity index (χ2n) is 10.3. The van der Waals surface area contributed by atoms with Crippen molar-refractivity contribution in [3.63, 3.8) is 0 Å². The summed E-state index contributed by atoms with van der Waals surface area (Å²) in [5.41, 5.74) is 14.6. The molecule has 0 aromatic heterocycles. The van der Waals surface area contributed by atoms with E-state index < -0.39 is 0 Å². The van der Waals surface area contributed by atoms with E-state index in [1.165, 1.54) is 50.1 Å². The van der Waals surface area contributed by atoms with Gasteiger partial charge in [0.25, 0.3) is 0 Å². The van der Waals surface area contributed by atoms with Crippen LogP contribution in [0.3, 0.4) is 0 Å². The molecule has 0 atom stereocenters. The Labute approximate surface area is 221 Å². The van der Waals surface area contributed by atoms with Gasteiger partial charge in [0.15, 0.2) is 0 Å². The molecule has 0 aliphatic rings. The lowest BCUT2D eigenvalue weighted by atomic mass is 9.81. The van der Waals surface area contributed by atoms with Crippen molar-refractivity contribution in [1.29, 1.82) is 0 Å². The number of aryl methyl sites for hydroxylation is 3. The van der Waals surface area contributed by atoms with Crippen LogP contribution in [0.2, 0.25) is 0 Å². The molecular formula is C36H34O.